The number of carbonyl (C=O) groups is 1. The predicted molar refractivity (Wildman–Crippen MR) is 39.2 cm³/mol. The van der Waals surface area contributed by atoms with Crippen molar-refractivity contribution in [1.82, 2.24) is 5.32 Å². The molecule has 1 heterocycles. The highest BCUT2D eigenvalue weighted by atomic mass is 16.6. The van der Waals surface area contributed by atoms with Gasteiger partial charge < -0.3 is 14.8 Å². The molecule has 0 aliphatic carbocycles. The Morgan fingerprint density at radius 2 is 2.55 bits per heavy atom. The van der Waals surface area contributed by atoms with Gasteiger partial charge in [-0.15, -0.1) is 0 Å². The molecule has 1 saturated heterocycles. The van der Waals surface area contributed by atoms with Crippen molar-refractivity contribution in [1.29, 1.82) is 0 Å². The highest BCUT2D eigenvalue weighted by molar-refractivity contribution is 5.72. The molecular formula is C7H13NO3. The Labute approximate surface area is 65.9 Å². The lowest BCUT2D eigenvalue weighted by Crippen LogP contribution is -2.24. The first-order chi connectivity index (χ1) is 5.29. The zero-order valence-electron chi connectivity index (χ0n) is 6.63. The second-order valence-electron chi connectivity index (χ2n) is 2.51. The molecule has 1 amide bonds. The first-order valence-electron chi connectivity index (χ1n) is 3.73. The van der Waals surface area contributed by atoms with Crippen LogP contribution in [0.4, 0.5) is 0 Å². The molecule has 4 heteroatoms. The highest BCUT2D eigenvalue weighted by Gasteiger charge is 2.21. The number of amides is 1. The molecule has 1 N–H and O–H groups in total. The Morgan fingerprint density at radius 1 is 1.82 bits per heavy atom. The van der Waals surface area contributed by atoms with Gasteiger partial charge in [-0.1, -0.05) is 0 Å². The zero-order chi connectivity index (χ0) is 8.10. The fourth-order valence-corrected chi connectivity index (χ4v) is 0.678. The summed E-state index contributed by atoms with van der Waals surface area (Å²) in [6.45, 7) is 4.12. The van der Waals surface area contributed by atoms with Crippen LogP contribution >= 0.6 is 0 Å². The lowest BCUT2D eigenvalue weighted by Gasteiger charge is -2.01. The highest BCUT2D eigenvalue weighted by Crippen LogP contribution is 2.07. The van der Waals surface area contributed by atoms with Gasteiger partial charge in [-0.05, 0) is 0 Å². The van der Waals surface area contributed by atoms with Gasteiger partial charge in [0.2, 0.25) is 5.91 Å². The summed E-state index contributed by atoms with van der Waals surface area (Å²) >= 11 is 0. The molecule has 0 aromatic rings. The Bertz CT molecular complexity index is 134. The lowest BCUT2D eigenvalue weighted by atomic mass is 10.5. The molecule has 1 rings (SSSR count). The number of hydrogen-bond acceptors (Lipinski definition) is 3. The van der Waals surface area contributed by atoms with Crippen LogP contribution in [0.1, 0.15) is 6.92 Å². The smallest absolute Gasteiger partial charge is 0.216 e. The SMILES string of the molecule is CC(=O)NCCOCC1CO1. The van der Waals surface area contributed by atoms with E-state index in [4.69, 9.17) is 9.47 Å². The molecule has 64 valence electrons. The summed E-state index contributed by atoms with van der Waals surface area (Å²) in [7, 11) is 0. The van der Waals surface area contributed by atoms with Crippen LogP contribution in [0, 0.1) is 0 Å². The van der Waals surface area contributed by atoms with E-state index in [-0.39, 0.29) is 5.91 Å². The molecule has 0 bridgehead atoms. The molecule has 1 atom stereocenters. The first-order valence-corrected chi connectivity index (χ1v) is 3.73. The number of carbonyl (C=O) groups excluding carboxylic acids is 1. The Morgan fingerprint density at radius 3 is 3.09 bits per heavy atom. The summed E-state index contributed by atoms with van der Waals surface area (Å²) in [4.78, 5) is 10.4. The molecule has 0 saturated carbocycles. The van der Waals surface area contributed by atoms with E-state index >= 15 is 0 Å². The molecule has 4 nitrogen and oxygen atoms in total. The van der Waals surface area contributed by atoms with Gasteiger partial charge in [0, 0.05) is 13.5 Å². The van der Waals surface area contributed by atoms with Gasteiger partial charge in [-0.2, -0.15) is 0 Å². The van der Waals surface area contributed by atoms with E-state index < -0.39 is 0 Å². The largest absolute Gasteiger partial charge is 0.377 e. The Hall–Kier alpha value is -0.610. The summed E-state index contributed by atoms with van der Waals surface area (Å²) < 4.78 is 10.1. The minimum Gasteiger partial charge on any atom is -0.377 e. The zero-order valence-corrected chi connectivity index (χ0v) is 6.63. The van der Waals surface area contributed by atoms with Crippen molar-refractivity contribution in [2.75, 3.05) is 26.4 Å². The van der Waals surface area contributed by atoms with E-state index in [0.29, 0.717) is 25.9 Å². The van der Waals surface area contributed by atoms with Gasteiger partial charge in [0.1, 0.15) is 6.10 Å². The summed E-state index contributed by atoms with van der Waals surface area (Å²) in [5.74, 6) is -0.0173. The van der Waals surface area contributed by atoms with Crippen molar-refractivity contribution in [3.8, 4) is 0 Å². The maximum atomic E-state index is 10.4. The first kappa shape index (κ1) is 8.49. The third-order valence-electron chi connectivity index (χ3n) is 1.33. The molecule has 1 fully saturated rings. The number of nitrogens with one attached hydrogen (secondary N) is 1. The molecule has 0 radical (unpaired) electrons. The maximum absolute atomic E-state index is 10.4. The third kappa shape index (κ3) is 4.75. The fraction of sp³-hybridized carbons (Fsp3) is 0.857. The molecule has 0 aromatic heterocycles. The summed E-state index contributed by atoms with van der Waals surface area (Å²) in [6.07, 6.45) is 0.312. The van der Waals surface area contributed by atoms with Crippen LogP contribution in [0.3, 0.4) is 0 Å². The molecule has 0 aromatic carbocycles. The summed E-state index contributed by atoms with van der Waals surface area (Å²) in [5.41, 5.74) is 0. The monoisotopic (exact) mass is 159 g/mol. The van der Waals surface area contributed by atoms with Crippen LogP contribution in [-0.4, -0.2) is 38.4 Å². The minimum atomic E-state index is -0.0173. The second kappa shape index (κ2) is 4.31. The fourth-order valence-electron chi connectivity index (χ4n) is 0.678. The Kier molecular flexibility index (Phi) is 3.32. The van der Waals surface area contributed by atoms with Gasteiger partial charge >= 0.3 is 0 Å². The van der Waals surface area contributed by atoms with Crippen LogP contribution in [0.25, 0.3) is 0 Å². The molecule has 1 aliphatic rings. The predicted octanol–water partition coefficient (Wildman–Crippen LogP) is -0.462. The summed E-state index contributed by atoms with van der Waals surface area (Å²) in [6, 6.07) is 0. The number of epoxide rings is 1. The molecular weight excluding hydrogens is 146 g/mol. The number of hydrogen-bond donors (Lipinski definition) is 1. The lowest BCUT2D eigenvalue weighted by molar-refractivity contribution is -0.119. The number of ether oxygens (including phenoxy) is 2. The van der Waals surface area contributed by atoms with E-state index in [1.165, 1.54) is 6.92 Å². The van der Waals surface area contributed by atoms with Crippen molar-refractivity contribution in [2.24, 2.45) is 0 Å². The topological polar surface area (TPSA) is 50.9 Å². The van der Waals surface area contributed by atoms with Crippen molar-refractivity contribution in [3.63, 3.8) is 0 Å². The third-order valence-corrected chi connectivity index (χ3v) is 1.33. The molecule has 1 aliphatic heterocycles. The molecule has 1 unspecified atom stereocenters. The van der Waals surface area contributed by atoms with Gasteiger partial charge in [0.25, 0.3) is 0 Å². The van der Waals surface area contributed by atoms with Crippen LogP contribution in [0.5, 0.6) is 0 Å². The average molecular weight is 159 g/mol. The van der Waals surface area contributed by atoms with Crippen LogP contribution in [0.2, 0.25) is 0 Å². The van der Waals surface area contributed by atoms with Crippen LogP contribution in [0.15, 0.2) is 0 Å². The van der Waals surface area contributed by atoms with E-state index in [9.17, 15) is 4.79 Å². The summed E-state index contributed by atoms with van der Waals surface area (Å²) in [5, 5.41) is 2.63. The van der Waals surface area contributed by atoms with Crippen LogP contribution < -0.4 is 5.32 Å². The average Bonchev–Trinajstić information content (AvgIpc) is 2.70. The van der Waals surface area contributed by atoms with Crippen LogP contribution in [-0.2, 0) is 14.3 Å². The van der Waals surface area contributed by atoms with Crippen molar-refractivity contribution in [3.05, 3.63) is 0 Å². The number of rotatable bonds is 5. The van der Waals surface area contributed by atoms with Crippen molar-refractivity contribution in [2.45, 2.75) is 13.0 Å². The van der Waals surface area contributed by atoms with Gasteiger partial charge in [-0.3, -0.25) is 4.79 Å². The van der Waals surface area contributed by atoms with Gasteiger partial charge in [-0.25, -0.2) is 0 Å². The van der Waals surface area contributed by atoms with E-state index in [2.05, 4.69) is 5.32 Å². The quantitative estimate of drug-likeness (QED) is 0.436. The standard InChI is InChI=1S/C7H13NO3/c1-6(9)8-2-3-10-4-7-5-11-7/h7H,2-5H2,1H3,(H,8,9). The van der Waals surface area contributed by atoms with Gasteiger partial charge in [0.15, 0.2) is 0 Å². The van der Waals surface area contributed by atoms with E-state index in [0.717, 1.165) is 6.61 Å². The van der Waals surface area contributed by atoms with Crippen molar-refractivity contribution >= 4 is 5.91 Å². The molecule has 0 spiro atoms. The maximum Gasteiger partial charge on any atom is 0.216 e. The molecule has 11 heavy (non-hydrogen) atoms. The second-order valence-corrected chi connectivity index (χ2v) is 2.51. The van der Waals surface area contributed by atoms with E-state index in [1.807, 2.05) is 0 Å². The van der Waals surface area contributed by atoms with Crippen molar-refractivity contribution < 1.29 is 14.3 Å². The van der Waals surface area contributed by atoms with E-state index in [1.54, 1.807) is 0 Å². The Balaban J connectivity index is 1.76. The normalized spacial score (nSPS) is 21.4. The minimum absolute atomic E-state index is 0.0173. The van der Waals surface area contributed by atoms with Gasteiger partial charge in [0.05, 0.1) is 19.8 Å².